The van der Waals surface area contributed by atoms with Crippen LogP contribution in [0.4, 0.5) is 5.69 Å². The molecule has 0 bridgehead atoms. The van der Waals surface area contributed by atoms with Gasteiger partial charge >= 0.3 is 0 Å². The predicted molar refractivity (Wildman–Crippen MR) is 73.3 cm³/mol. The summed E-state index contributed by atoms with van der Waals surface area (Å²) in [7, 11) is 0. The van der Waals surface area contributed by atoms with E-state index in [2.05, 4.69) is 10.3 Å². The minimum absolute atomic E-state index is 0.177. The summed E-state index contributed by atoms with van der Waals surface area (Å²) in [6.45, 7) is 5.26. The maximum atomic E-state index is 11.8. The Hall–Kier alpha value is -1.18. The van der Waals surface area contributed by atoms with Crippen molar-refractivity contribution in [2.24, 2.45) is 5.41 Å². The number of aromatic nitrogens is 1. The smallest absolute Gasteiger partial charge is 0.273 e. The number of nitrogens with one attached hydrogen (secondary N) is 2. The van der Waals surface area contributed by atoms with E-state index >= 15 is 0 Å². The molecule has 0 saturated heterocycles. The van der Waals surface area contributed by atoms with Crippen molar-refractivity contribution < 1.29 is 9.59 Å². The van der Waals surface area contributed by atoms with Gasteiger partial charge in [-0.1, -0.05) is 20.8 Å². The Balaban J connectivity index is 3.13. The van der Waals surface area contributed by atoms with E-state index in [-0.39, 0.29) is 17.3 Å². The molecule has 0 aromatic carbocycles. The summed E-state index contributed by atoms with van der Waals surface area (Å²) in [5, 5.41) is 2.56. The van der Waals surface area contributed by atoms with E-state index < -0.39 is 11.0 Å². The summed E-state index contributed by atoms with van der Waals surface area (Å²) in [5.74, 6) is -0.250. The fraction of sp³-hybridized carbons (Fsp3) is 0.364. The zero-order valence-corrected chi connectivity index (χ0v) is 11.9. The van der Waals surface area contributed by atoms with Gasteiger partial charge in [-0.15, -0.1) is 0 Å². The van der Waals surface area contributed by atoms with Gasteiger partial charge < -0.3 is 10.3 Å². The molecule has 1 aromatic heterocycles. The number of H-pyrrole nitrogens is 1. The summed E-state index contributed by atoms with van der Waals surface area (Å²) in [6, 6.07) is 1.51. The Morgan fingerprint density at radius 1 is 1.47 bits per heavy atom. The number of halogens is 1. The lowest BCUT2D eigenvalue weighted by Gasteiger charge is -2.17. The fourth-order valence-corrected chi connectivity index (χ4v) is 1.74. The molecule has 0 aliphatic rings. The molecule has 0 spiro atoms. The van der Waals surface area contributed by atoms with Gasteiger partial charge in [0.1, 0.15) is 5.69 Å². The van der Waals surface area contributed by atoms with Crippen LogP contribution in [0.5, 0.6) is 0 Å². The Labute approximate surface area is 112 Å². The number of carbonyl (C=O) groups is 2. The molecule has 0 saturated carbocycles. The van der Waals surface area contributed by atoms with Crippen LogP contribution in [0, 0.1) is 8.99 Å². The van der Waals surface area contributed by atoms with Gasteiger partial charge in [-0.25, -0.2) is 0 Å². The maximum Gasteiger partial charge on any atom is 0.273 e. The Morgan fingerprint density at radius 3 is 2.47 bits per heavy atom. The normalized spacial score (nSPS) is 11.1. The van der Waals surface area contributed by atoms with E-state index in [1.54, 1.807) is 20.8 Å². The van der Waals surface area contributed by atoms with Gasteiger partial charge in [0.15, 0.2) is 6.29 Å². The highest BCUT2D eigenvalue weighted by molar-refractivity contribution is 14.1. The first-order valence-corrected chi connectivity index (χ1v) is 6.03. The number of hydrogen-bond donors (Lipinski definition) is 2. The van der Waals surface area contributed by atoms with Gasteiger partial charge in [0.2, 0.25) is 5.91 Å². The highest BCUT2D eigenvalue weighted by Crippen LogP contribution is 2.19. The van der Waals surface area contributed by atoms with Crippen molar-refractivity contribution >= 4 is 40.5 Å². The summed E-state index contributed by atoms with van der Waals surface area (Å²) < 4.78 is 0.533. The van der Waals surface area contributed by atoms with Crippen LogP contribution in [0.2, 0.25) is 0 Å². The average Bonchev–Trinajstić information content (AvgIpc) is 2.21. The van der Waals surface area contributed by atoms with Crippen LogP contribution in [0.15, 0.2) is 10.9 Å². The van der Waals surface area contributed by atoms with E-state index in [9.17, 15) is 14.4 Å². The second-order valence-electron chi connectivity index (χ2n) is 4.60. The second kappa shape index (κ2) is 4.99. The summed E-state index contributed by atoms with van der Waals surface area (Å²) in [4.78, 5) is 36.3. The minimum atomic E-state index is -0.584. The van der Waals surface area contributed by atoms with Crippen LogP contribution in [-0.4, -0.2) is 17.2 Å². The molecule has 0 unspecified atom stereocenters. The molecular formula is C11H13IN2O3. The van der Waals surface area contributed by atoms with Crippen molar-refractivity contribution in [1.82, 2.24) is 4.98 Å². The van der Waals surface area contributed by atoms with E-state index in [1.807, 2.05) is 22.6 Å². The second-order valence-corrected chi connectivity index (χ2v) is 5.76. The van der Waals surface area contributed by atoms with E-state index in [0.29, 0.717) is 9.86 Å². The van der Waals surface area contributed by atoms with Crippen molar-refractivity contribution in [2.75, 3.05) is 5.32 Å². The number of aldehydes is 1. The van der Waals surface area contributed by atoms with Crippen molar-refractivity contribution in [1.29, 1.82) is 0 Å². The van der Waals surface area contributed by atoms with Crippen LogP contribution in [-0.2, 0) is 4.79 Å². The molecule has 17 heavy (non-hydrogen) atoms. The van der Waals surface area contributed by atoms with Crippen molar-refractivity contribution in [3.05, 3.63) is 25.7 Å². The summed E-state index contributed by atoms with van der Waals surface area (Å²) in [6.07, 6.45) is 0.554. The fourth-order valence-electron chi connectivity index (χ4n) is 1.03. The van der Waals surface area contributed by atoms with E-state index in [4.69, 9.17) is 0 Å². The molecule has 6 heteroatoms. The summed E-state index contributed by atoms with van der Waals surface area (Å²) >= 11 is 1.90. The number of rotatable bonds is 2. The largest absolute Gasteiger partial charge is 0.320 e. The highest BCUT2D eigenvalue weighted by atomic mass is 127. The first-order chi connectivity index (χ1) is 7.75. The predicted octanol–water partition coefficient (Wildman–Crippen LogP) is 1.78. The quantitative estimate of drug-likeness (QED) is 0.632. The number of aromatic amines is 1. The molecule has 0 aliphatic heterocycles. The molecule has 0 aliphatic carbocycles. The first kappa shape index (κ1) is 13.9. The Kier molecular flexibility index (Phi) is 4.07. The molecule has 1 amide bonds. The average molecular weight is 348 g/mol. The van der Waals surface area contributed by atoms with Crippen LogP contribution < -0.4 is 10.9 Å². The lowest BCUT2D eigenvalue weighted by atomic mass is 9.95. The van der Waals surface area contributed by atoms with Crippen molar-refractivity contribution in [2.45, 2.75) is 20.8 Å². The minimum Gasteiger partial charge on any atom is -0.320 e. The number of pyridine rings is 1. The highest BCUT2D eigenvalue weighted by Gasteiger charge is 2.23. The lowest BCUT2D eigenvalue weighted by Crippen LogP contribution is -2.31. The van der Waals surface area contributed by atoms with Gasteiger partial charge in [0.05, 0.1) is 5.69 Å². The van der Waals surface area contributed by atoms with Gasteiger partial charge in [0.25, 0.3) is 5.56 Å². The molecule has 1 aromatic rings. The molecule has 5 nitrogen and oxygen atoms in total. The van der Waals surface area contributed by atoms with Crippen LogP contribution in [0.3, 0.4) is 0 Å². The number of amides is 1. The van der Waals surface area contributed by atoms with Crippen LogP contribution in [0.25, 0.3) is 0 Å². The van der Waals surface area contributed by atoms with Crippen LogP contribution in [0.1, 0.15) is 31.3 Å². The number of carbonyl (C=O) groups excluding carboxylic acids is 2. The third kappa shape index (κ3) is 3.39. The SMILES string of the molecule is CC(C)(C)C(=O)Nc1c(I)cc(C=O)[nH]c1=O. The third-order valence-electron chi connectivity index (χ3n) is 2.05. The van der Waals surface area contributed by atoms with Gasteiger partial charge in [-0.3, -0.25) is 14.4 Å². The zero-order chi connectivity index (χ0) is 13.2. The molecule has 2 N–H and O–H groups in total. The molecule has 1 heterocycles. The summed E-state index contributed by atoms with van der Waals surface area (Å²) in [5.41, 5.74) is -0.695. The maximum absolute atomic E-state index is 11.8. The third-order valence-corrected chi connectivity index (χ3v) is 2.90. The number of hydrogen-bond acceptors (Lipinski definition) is 3. The van der Waals surface area contributed by atoms with Crippen LogP contribution >= 0.6 is 22.6 Å². The Morgan fingerprint density at radius 2 is 2.06 bits per heavy atom. The van der Waals surface area contributed by atoms with Crippen molar-refractivity contribution in [3.63, 3.8) is 0 Å². The first-order valence-electron chi connectivity index (χ1n) is 4.95. The molecule has 92 valence electrons. The zero-order valence-electron chi connectivity index (χ0n) is 9.76. The standard InChI is InChI=1S/C11H13IN2O3/c1-11(2,3)10(17)14-8-7(12)4-6(5-15)13-9(8)16/h4-5H,1-3H3,(H,13,16)(H,14,17). The molecule has 0 radical (unpaired) electrons. The molecule has 0 atom stereocenters. The topological polar surface area (TPSA) is 79.0 Å². The van der Waals surface area contributed by atoms with Gasteiger partial charge in [-0.2, -0.15) is 0 Å². The molecular weight excluding hydrogens is 335 g/mol. The monoisotopic (exact) mass is 348 g/mol. The van der Waals surface area contributed by atoms with E-state index in [1.165, 1.54) is 6.07 Å². The molecule has 1 rings (SSSR count). The number of anilines is 1. The Bertz CT molecular complexity index is 514. The van der Waals surface area contributed by atoms with Gasteiger partial charge in [-0.05, 0) is 28.7 Å². The van der Waals surface area contributed by atoms with Crippen molar-refractivity contribution in [3.8, 4) is 0 Å². The molecule has 0 fully saturated rings. The van der Waals surface area contributed by atoms with Gasteiger partial charge in [0, 0.05) is 8.99 Å². The lowest BCUT2D eigenvalue weighted by molar-refractivity contribution is -0.123. The van der Waals surface area contributed by atoms with E-state index in [0.717, 1.165) is 0 Å².